The molecule has 3 heteroatoms. The normalized spacial score (nSPS) is 18.6. The molecule has 0 fully saturated rings. The number of allylic oxidation sites excluding steroid dienone is 4. The van der Waals surface area contributed by atoms with Crippen molar-refractivity contribution >= 4 is 6.03 Å². The third-order valence-corrected chi connectivity index (χ3v) is 2.95. The van der Waals surface area contributed by atoms with Crippen molar-refractivity contribution in [3.05, 3.63) is 48.6 Å². The first-order chi connectivity index (χ1) is 7.70. The highest BCUT2D eigenvalue weighted by Gasteiger charge is 2.23. The molecule has 0 atom stereocenters. The van der Waals surface area contributed by atoms with E-state index in [9.17, 15) is 4.79 Å². The van der Waals surface area contributed by atoms with E-state index in [1.54, 1.807) is 9.80 Å². The van der Waals surface area contributed by atoms with Crippen molar-refractivity contribution in [2.75, 3.05) is 14.1 Å². The monoisotopic (exact) mass is 216 g/mol. The van der Waals surface area contributed by atoms with Crippen molar-refractivity contribution in [2.45, 2.75) is 12.1 Å². The molecule has 0 unspecified atom stereocenters. The predicted molar refractivity (Wildman–Crippen MR) is 65.1 cm³/mol. The Kier molecular flexibility index (Phi) is 2.95. The molecule has 2 rings (SSSR count). The molecule has 0 radical (unpaired) electrons. The lowest BCUT2D eigenvalue weighted by Crippen LogP contribution is -2.45. The van der Waals surface area contributed by atoms with Crippen molar-refractivity contribution in [1.82, 2.24) is 9.80 Å². The van der Waals surface area contributed by atoms with Crippen molar-refractivity contribution in [3.8, 4) is 0 Å². The minimum absolute atomic E-state index is 0.0300. The molecular weight excluding hydrogens is 200 g/mol. The van der Waals surface area contributed by atoms with E-state index < -0.39 is 0 Å². The molecule has 0 heterocycles. The minimum Gasteiger partial charge on any atom is -0.318 e. The third-order valence-electron chi connectivity index (χ3n) is 2.95. The van der Waals surface area contributed by atoms with Crippen LogP contribution in [0.5, 0.6) is 0 Å². The minimum atomic E-state index is 0.0300. The zero-order chi connectivity index (χ0) is 11.5. The summed E-state index contributed by atoms with van der Waals surface area (Å²) in [4.78, 5) is 15.6. The van der Waals surface area contributed by atoms with Gasteiger partial charge in [0.25, 0.3) is 0 Å². The number of hydrogen-bond acceptors (Lipinski definition) is 1. The number of likely N-dealkylation sites (N-methyl/N-ethyl adjacent to an activating group) is 2. The quantitative estimate of drug-likeness (QED) is 0.692. The Labute approximate surface area is 96.0 Å². The Morgan fingerprint density at radius 1 is 0.812 bits per heavy atom. The summed E-state index contributed by atoms with van der Waals surface area (Å²) >= 11 is 0. The van der Waals surface area contributed by atoms with Gasteiger partial charge in [-0.25, -0.2) is 4.79 Å². The van der Waals surface area contributed by atoms with Crippen molar-refractivity contribution in [3.63, 3.8) is 0 Å². The fraction of sp³-hybridized carbons (Fsp3) is 0.308. The number of nitrogens with zero attached hydrogens (tertiary/aromatic N) is 2. The van der Waals surface area contributed by atoms with Crippen LogP contribution in [0.3, 0.4) is 0 Å². The molecule has 0 N–H and O–H groups in total. The van der Waals surface area contributed by atoms with Gasteiger partial charge in [0.1, 0.15) is 0 Å². The second-order valence-electron chi connectivity index (χ2n) is 4.03. The molecule has 16 heavy (non-hydrogen) atoms. The van der Waals surface area contributed by atoms with Crippen LogP contribution in [0.4, 0.5) is 4.79 Å². The molecule has 0 aromatic carbocycles. The van der Waals surface area contributed by atoms with Crippen molar-refractivity contribution in [2.24, 2.45) is 0 Å². The van der Waals surface area contributed by atoms with Crippen LogP contribution in [-0.2, 0) is 0 Å². The summed E-state index contributed by atoms with van der Waals surface area (Å²) in [5, 5.41) is 0. The maximum atomic E-state index is 12.1. The highest BCUT2D eigenvalue weighted by atomic mass is 16.2. The Hall–Kier alpha value is -1.77. The smallest absolute Gasteiger partial charge is 0.318 e. The highest BCUT2D eigenvalue weighted by molar-refractivity contribution is 5.76. The summed E-state index contributed by atoms with van der Waals surface area (Å²) in [5.74, 6) is 0. The average Bonchev–Trinajstić information content (AvgIpc) is 2.97. The number of carbonyl (C=O) groups is 1. The van der Waals surface area contributed by atoms with E-state index in [2.05, 4.69) is 0 Å². The average molecular weight is 216 g/mol. The standard InChI is InChI=1S/C13H16N2O/c1-14(11-7-3-4-8-11)13(16)15(2)12-9-5-6-10-12/h3-12H,1-2H3. The molecule has 0 aliphatic heterocycles. The molecule has 0 aromatic heterocycles. The van der Waals surface area contributed by atoms with Crippen LogP contribution >= 0.6 is 0 Å². The summed E-state index contributed by atoms with van der Waals surface area (Å²) in [6, 6.07) is 0.205. The Morgan fingerprint density at radius 3 is 1.44 bits per heavy atom. The summed E-state index contributed by atoms with van der Waals surface area (Å²) in [5.41, 5.74) is 0. The van der Waals surface area contributed by atoms with E-state index in [0.717, 1.165) is 0 Å². The lowest BCUT2D eigenvalue weighted by Gasteiger charge is -2.30. The van der Waals surface area contributed by atoms with E-state index >= 15 is 0 Å². The van der Waals surface area contributed by atoms with E-state index in [4.69, 9.17) is 0 Å². The van der Waals surface area contributed by atoms with E-state index in [1.165, 1.54) is 0 Å². The van der Waals surface area contributed by atoms with Gasteiger partial charge in [0.05, 0.1) is 12.1 Å². The van der Waals surface area contributed by atoms with Gasteiger partial charge in [-0.15, -0.1) is 0 Å². The SMILES string of the molecule is CN(C(=O)N(C)C1C=CC=C1)C1C=CC=C1. The summed E-state index contributed by atoms with van der Waals surface area (Å²) in [6.07, 6.45) is 15.9. The number of hydrogen-bond donors (Lipinski definition) is 0. The zero-order valence-electron chi connectivity index (χ0n) is 9.58. The Bertz CT molecular complexity index is 333. The van der Waals surface area contributed by atoms with Gasteiger partial charge >= 0.3 is 6.03 Å². The second kappa shape index (κ2) is 4.39. The maximum Gasteiger partial charge on any atom is 0.320 e. The second-order valence-corrected chi connectivity index (χ2v) is 4.03. The molecule has 84 valence electrons. The van der Waals surface area contributed by atoms with E-state index in [0.29, 0.717) is 0 Å². The molecule has 3 nitrogen and oxygen atoms in total. The van der Waals surface area contributed by atoms with Crippen LogP contribution in [0.2, 0.25) is 0 Å². The first-order valence-corrected chi connectivity index (χ1v) is 5.40. The van der Waals surface area contributed by atoms with Gasteiger partial charge in [-0.3, -0.25) is 0 Å². The van der Waals surface area contributed by atoms with Crippen LogP contribution < -0.4 is 0 Å². The van der Waals surface area contributed by atoms with E-state index in [1.807, 2.05) is 62.7 Å². The summed E-state index contributed by atoms with van der Waals surface area (Å²) < 4.78 is 0. The van der Waals surface area contributed by atoms with E-state index in [-0.39, 0.29) is 18.1 Å². The summed E-state index contributed by atoms with van der Waals surface area (Å²) in [6.45, 7) is 0. The molecule has 2 amide bonds. The Morgan fingerprint density at radius 2 is 1.12 bits per heavy atom. The van der Waals surface area contributed by atoms with Gasteiger partial charge in [0.15, 0.2) is 0 Å². The molecule has 0 saturated heterocycles. The topological polar surface area (TPSA) is 23.6 Å². The number of urea groups is 1. The maximum absolute atomic E-state index is 12.1. The third kappa shape index (κ3) is 1.94. The summed E-state index contributed by atoms with van der Waals surface area (Å²) in [7, 11) is 3.65. The molecule has 2 aliphatic carbocycles. The van der Waals surface area contributed by atoms with Gasteiger partial charge in [-0.1, -0.05) is 48.6 Å². The molecule has 0 saturated carbocycles. The van der Waals surface area contributed by atoms with Crippen LogP contribution in [-0.4, -0.2) is 42.0 Å². The molecular formula is C13H16N2O. The number of rotatable bonds is 2. The zero-order valence-corrected chi connectivity index (χ0v) is 9.58. The fourth-order valence-corrected chi connectivity index (χ4v) is 1.86. The van der Waals surface area contributed by atoms with Crippen molar-refractivity contribution < 1.29 is 4.79 Å². The fourth-order valence-electron chi connectivity index (χ4n) is 1.86. The van der Waals surface area contributed by atoms with Gasteiger partial charge in [-0.2, -0.15) is 0 Å². The molecule has 0 aromatic rings. The van der Waals surface area contributed by atoms with Crippen molar-refractivity contribution in [1.29, 1.82) is 0 Å². The predicted octanol–water partition coefficient (Wildman–Crippen LogP) is 1.96. The van der Waals surface area contributed by atoms with Crippen LogP contribution in [0.25, 0.3) is 0 Å². The first kappa shape index (κ1) is 10.7. The van der Waals surface area contributed by atoms with Gasteiger partial charge in [0, 0.05) is 14.1 Å². The molecule has 2 aliphatic rings. The van der Waals surface area contributed by atoms with Crippen LogP contribution in [0.1, 0.15) is 0 Å². The Balaban J connectivity index is 2.01. The van der Waals surface area contributed by atoms with Crippen LogP contribution in [0.15, 0.2) is 48.6 Å². The molecule has 0 bridgehead atoms. The lowest BCUT2D eigenvalue weighted by molar-refractivity contribution is 0.167. The molecule has 0 spiro atoms. The van der Waals surface area contributed by atoms with Gasteiger partial charge in [-0.05, 0) is 0 Å². The van der Waals surface area contributed by atoms with Gasteiger partial charge in [0.2, 0.25) is 0 Å². The van der Waals surface area contributed by atoms with Crippen LogP contribution in [0, 0.1) is 0 Å². The first-order valence-electron chi connectivity index (χ1n) is 5.40. The number of carbonyl (C=O) groups excluding carboxylic acids is 1. The largest absolute Gasteiger partial charge is 0.320 e. The van der Waals surface area contributed by atoms with Gasteiger partial charge < -0.3 is 9.80 Å². The lowest BCUT2D eigenvalue weighted by atomic mass is 10.2. The number of amides is 2. The highest BCUT2D eigenvalue weighted by Crippen LogP contribution is 2.13.